The quantitative estimate of drug-likeness (QED) is 0.472. The SMILES string of the molecule is O=[N+]([O-])c1ccn(CC2(CBr)CC2)n1. The first-order valence-corrected chi connectivity index (χ1v) is 5.51. The Kier molecular flexibility index (Phi) is 2.30. The van der Waals surface area contributed by atoms with Crippen molar-refractivity contribution in [3.63, 3.8) is 0 Å². The van der Waals surface area contributed by atoms with Crippen LogP contribution in [0.15, 0.2) is 12.3 Å². The second-order valence-corrected chi connectivity index (χ2v) is 4.32. The highest BCUT2D eigenvalue weighted by atomic mass is 79.9. The van der Waals surface area contributed by atoms with Crippen LogP contribution in [0, 0.1) is 15.5 Å². The lowest BCUT2D eigenvalue weighted by molar-refractivity contribution is -0.389. The van der Waals surface area contributed by atoms with Crippen LogP contribution in [-0.2, 0) is 6.54 Å². The maximum absolute atomic E-state index is 10.4. The average molecular weight is 260 g/mol. The standard InChI is InChI=1S/C8H10BrN3O2/c9-5-8(2-3-8)6-11-4-1-7(10-11)12(13)14/h1,4H,2-3,5-6H2. The highest BCUT2D eigenvalue weighted by Gasteiger charge is 2.42. The molecule has 1 saturated carbocycles. The van der Waals surface area contributed by atoms with Gasteiger partial charge < -0.3 is 10.1 Å². The molecule has 1 aromatic rings. The molecule has 2 rings (SSSR count). The first-order chi connectivity index (χ1) is 6.65. The van der Waals surface area contributed by atoms with Crippen LogP contribution in [0.5, 0.6) is 0 Å². The molecule has 0 radical (unpaired) electrons. The Hall–Kier alpha value is -0.910. The minimum Gasteiger partial charge on any atom is -0.358 e. The van der Waals surface area contributed by atoms with Gasteiger partial charge in [0.15, 0.2) is 0 Å². The molecule has 1 fully saturated rings. The van der Waals surface area contributed by atoms with Gasteiger partial charge in [-0.05, 0) is 17.8 Å². The smallest absolute Gasteiger partial charge is 0.358 e. The van der Waals surface area contributed by atoms with Crippen LogP contribution in [0.3, 0.4) is 0 Å². The van der Waals surface area contributed by atoms with Crippen LogP contribution in [0.2, 0.25) is 0 Å². The first kappa shape index (κ1) is 9.64. The summed E-state index contributed by atoms with van der Waals surface area (Å²) < 4.78 is 1.66. The van der Waals surface area contributed by atoms with E-state index in [9.17, 15) is 10.1 Å². The highest BCUT2D eigenvalue weighted by Crippen LogP contribution is 2.48. The van der Waals surface area contributed by atoms with Crippen molar-refractivity contribution in [2.75, 3.05) is 5.33 Å². The number of aromatic nitrogens is 2. The summed E-state index contributed by atoms with van der Waals surface area (Å²) in [6.07, 6.45) is 4.01. The van der Waals surface area contributed by atoms with Crippen LogP contribution >= 0.6 is 15.9 Å². The van der Waals surface area contributed by atoms with Crippen LogP contribution in [0.25, 0.3) is 0 Å². The van der Waals surface area contributed by atoms with Gasteiger partial charge >= 0.3 is 5.82 Å². The molecule has 0 atom stereocenters. The summed E-state index contributed by atoms with van der Waals surface area (Å²) in [6, 6.07) is 1.43. The van der Waals surface area contributed by atoms with Gasteiger partial charge in [0.25, 0.3) is 0 Å². The van der Waals surface area contributed by atoms with Crippen LogP contribution in [-0.4, -0.2) is 20.0 Å². The van der Waals surface area contributed by atoms with Crippen molar-refractivity contribution in [3.05, 3.63) is 22.4 Å². The zero-order valence-corrected chi connectivity index (χ0v) is 9.11. The van der Waals surface area contributed by atoms with Gasteiger partial charge in [-0.3, -0.25) is 0 Å². The van der Waals surface area contributed by atoms with E-state index in [0.29, 0.717) is 5.41 Å². The monoisotopic (exact) mass is 259 g/mol. The molecule has 0 bridgehead atoms. The molecule has 6 heteroatoms. The summed E-state index contributed by atoms with van der Waals surface area (Å²) in [4.78, 5) is 9.92. The van der Waals surface area contributed by atoms with Crippen molar-refractivity contribution in [1.29, 1.82) is 0 Å². The molecule has 1 aliphatic rings. The topological polar surface area (TPSA) is 61.0 Å². The van der Waals surface area contributed by atoms with Crippen molar-refractivity contribution >= 4 is 21.7 Å². The molecule has 5 nitrogen and oxygen atoms in total. The molecule has 0 N–H and O–H groups in total. The third-order valence-electron chi connectivity index (χ3n) is 2.55. The normalized spacial score (nSPS) is 18.1. The number of rotatable bonds is 4. The molecule has 1 heterocycles. The Labute approximate surface area is 89.4 Å². The van der Waals surface area contributed by atoms with E-state index in [1.807, 2.05) is 0 Å². The maximum atomic E-state index is 10.4. The molecule has 0 saturated heterocycles. The number of hydrogen-bond donors (Lipinski definition) is 0. The van der Waals surface area contributed by atoms with E-state index in [1.165, 1.54) is 18.9 Å². The second-order valence-electron chi connectivity index (χ2n) is 3.76. The van der Waals surface area contributed by atoms with E-state index >= 15 is 0 Å². The molecular formula is C8H10BrN3O2. The summed E-state index contributed by atoms with van der Waals surface area (Å²) in [7, 11) is 0. The molecule has 0 spiro atoms. The van der Waals surface area contributed by atoms with Crippen molar-refractivity contribution in [2.45, 2.75) is 19.4 Å². The van der Waals surface area contributed by atoms with Gasteiger partial charge in [-0.1, -0.05) is 15.9 Å². The average Bonchev–Trinajstić information content (AvgIpc) is 2.75. The lowest BCUT2D eigenvalue weighted by Gasteiger charge is -2.07. The number of alkyl halides is 1. The summed E-state index contributed by atoms with van der Waals surface area (Å²) in [6.45, 7) is 0.770. The molecule has 76 valence electrons. The Morgan fingerprint density at radius 1 is 1.71 bits per heavy atom. The zero-order valence-electron chi connectivity index (χ0n) is 7.52. The van der Waals surface area contributed by atoms with Crippen molar-refractivity contribution in [3.8, 4) is 0 Å². The van der Waals surface area contributed by atoms with Crippen LogP contribution < -0.4 is 0 Å². The van der Waals surface area contributed by atoms with Crippen molar-refractivity contribution < 1.29 is 4.92 Å². The van der Waals surface area contributed by atoms with Gasteiger partial charge in [-0.2, -0.15) is 4.68 Å². The van der Waals surface area contributed by atoms with E-state index in [4.69, 9.17) is 0 Å². The number of hydrogen-bond acceptors (Lipinski definition) is 3. The largest absolute Gasteiger partial charge is 0.389 e. The molecule has 1 aromatic heterocycles. The highest BCUT2D eigenvalue weighted by molar-refractivity contribution is 9.09. The Balaban J connectivity index is 2.07. The Morgan fingerprint density at radius 3 is 2.86 bits per heavy atom. The minimum atomic E-state index is -0.468. The van der Waals surface area contributed by atoms with Crippen molar-refractivity contribution in [1.82, 2.24) is 9.78 Å². The third kappa shape index (κ3) is 1.79. The lowest BCUT2D eigenvalue weighted by atomic mass is 10.1. The summed E-state index contributed by atoms with van der Waals surface area (Å²) in [5.41, 5.74) is 0.292. The fraction of sp³-hybridized carbons (Fsp3) is 0.625. The molecule has 14 heavy (non-hydrogen) atoms. The predicted octanol–water partition coefficient (Wildman–Crippen LogP) is 1.97. The van der Waals surface area contributed by atoms with E-state index < -0.39 is 4.92 Å². The Bertz CT molecular complexity index is 359. The molecule has 0 unspecified atom stereocenters. The molecule has 1 aliphatic carbocycles. The summed E-state index contributed by atoms with van der Waals surface area (Å²) in [5.74, 6) is -0.0737. The van der Waals surface area contributed by atoms with Gasteiger partial charge in [0.05, 0.1) is 23.9 Å². The van der Waals surface area contributed by atoms with Gasteiger partial charge in [0.2, 0.25) is 0 Å². The van der Waals surface area contributed by atoms with Crippen LogP contribution in [0.4, 0.5) is 5.82 Å². The van der Waals surface area contributed by atoms with Gasteiger partial charge in [-0.15, -0.1) is 0 Å². The molecule has 0 amide bonds. The van der Waals surface area contributed by atoms with E-state index in [0.717, 1.165) is 11.9 Å². The van der Waals surface area contributed by atoms with E-state index in [1.54, 1.807) is 10.9 Å². The predicted molar refractivity (Wildman–Crippen MR) is 54.3 cm³/mol. The van der Waals surface area contributed by atoms with Crippen molar-refractivity contribution in [2.24, 2.45) is 5.41 Å². The van der Waals surface area contributed by atoms with Gasteiger partial charge in [0.1, 0.15) is 0 Å². The summed E-state index contributed by atoms with van der Waals surface area (Å²) in [5, 5.41) is 15.2. The van der Waals surface area contributed by atoms with Gasteiger partial charge in [-0.25, -0.2) is 0 Å². The van der Waals surface area contributed by atoms with E-state index in [2.05, 4.69) is 21.0 Å². The third-order valence-corrected chi connectivity index (χ3v) is 3.74. The maximum Gasteiger partial charge on any atom is 0.389 e. The van der Waals surface area contributed by atoms with Gasteiger partial charge in [0, 0.05) is 10.7 Å². The Morgan fingerprint density at radius 2 is 2.43 bits per heavy atom. The number of nitro groups is 1. The van der Waals surface area contributed by atoms with Crippen LogP contribution in [0.1, 0.15) is 12.8 Å². The fourth-order valence-electron chi connectivity index (χ4n) is 1.39. The minimum absolute atomic E-state index is 0.0737. The summed E-state index contributed by atoms with van der Waals surface area (Å²) >= 11 is 3.45. The molecule has 0 aromatic carbocycles. The fourth-order valence-corrected chi connectivity index (χ4v) is 2.13. The lowest BCUT2D eigenvalue weighted by Crippen LogP contribution is -2.13. The number of nitrogens with zero attached hydrogens (tertiary/aromatic N) is 3. The first-order valence-electron chi connectivity index (χ1n) is 4.39. The molecule has 0 aliphatic heterocycles. The second kappa shape index (κ2) is 3.34. The zero-order chi connectivity index (χ0) is 10.2. The van der Waals surface area contributed by atoms with E-state index in [-0.39, 0.29) is 5.82 Å². The number of halogens is 1. The molecular weight excluding hydrogens is 250 g/mol.